The van der Waals surface area contributed by atoms with Crippen LogP contribution in [0.25, 0.3) is 89.0 Å². The molecule has 0 N–H and O–H groups in total. The molecule has 0 atom stereocenters. The van der Waals surface area contributed by atoms with Gasteiger partial charge in [-0.05, 0) is 293 Å². The normalized spacial score (nSPS) is 14.8. The number of nitrogens with zero attached hydrogens (tertiary/aromatic N) is 2. The van der Waals surface area contributed by atoms with Crippen LogP contribution < -0.4 is 9.80 Å². The fourth-order valence-corrected chi connectivity index (χ4v) is 19.2. The second kappa shape index (κ2) is 27.4. The minimum Gasteiger partial charge on any atom is -0.310 e. The molecular weight excluding hydrogens is 1390 g/mol. The third-order valence-corrected chi connectivity index (χ3v) is 26.3. The van der Waals surface area contributed by atoms with Gasteiger partial charge in [-0.3, -0.25) is 0 Å². The van der Waals surface area contributed by atoms with E-state index in [-0.39, 0.29) is 43.3 Å². The lowest BCUT2D eigenvalue weighted by atomic mass is 9.78. The van der Waals surface area contributed by atoms with E-state index in [1.54, 1.807) is 0 Å². The summed E-state index contributed by atoms with van der Waals surface area (Å²) in [5, 5.41) is 0. The highest BCUT2D eigenvalue weighted by molar-refractivity contribution is 5.94. The quantitative estimate of drug-likeness (QED) is 0.135. The summed E-state index contributed by atoms with van der Waals surface area (Å²) >= 11 is 0. The maximum Gasteiger partial charge on any atom is 0.0474 e. The average Bonchev–Trinajstić information content (AvgIpc) is 1.65. The third kappa shape index (κ3) is 13.2. The lowest BCUT2D eigenvalue weighted by Gasteiger charge is -2.28. The molecule has 0 aliphatic heterocycles. The molecule has 2 heteroatoms. The van der Waals surface area contributed by atoms with E-state index >= 15 is 0 Å². The van der Waals surface area contributed by atoms with Crippen molar-refractivity contribution in [2.45, 2.75) is 189 Å². The number of benzene rings is 14. The van der Waals surface area contributed by atoms with E-state index in [1.165, 1.54) is 161 Å². The number of anilines is 6. The molecular formula is C113H112N2. The Balaban J connectivity index is 0.000000166. The minimum absolute atomic E-state index is 0.0906. The zero-order valence-corrected chi connectivity index (χ0v) is 71.7. The highest BCUT2D eigenvalue weighted by Crippen LogP contribution is 2.57. The Labute approximate surface area is 686 Å². The first kappa shape index (κ1) is 76.3. The summed E-state index contributed by atoms with van der Waals surface area (Å²) in [6.07, 6.45) is 0. The molecule has 14 aromatic carbocycles. The highest BCUT2D eigenvalue weighted by atomic mass is 15.1. The minimum atomic E-state index is -0.121. The SMILES string of the molecule is CC(C)(C)c1ccc2c(c1)C(C)(C)c1cc(-c3cc(-c4ccc5c(c4)C(C)(C)c4cc(C(C)(C)C)ccc4-5)cc(N(c4ccccc4)c4ccccc4)c3)ccc1-2.Cc1c(-c2ccc3c(c2)C(C)(C)c2cc(C(C)(C)C)ccc2-3)cc(N(c2ccccc2)c2ccccc2)cc1-c1ccc2c(c1)C(C)(C)c1cc(C(C)(C)C)ccc1-2. The van der Waals surface area contributed by atoms with Crippen LogP contribution in [0.2, 0.25) is 0 Å². The lowest BCUT2D eigenvalue weighted by molar-refractivity contribution is 0.584. The molecule has 0 bridgehead atoms. The molecule has 4 aliphatic carbocycles. The Morgan fingerprint density at radius 1 is 0.183 bits per heavy atom. The van der Waals surface area contributed by atoms with Crippen LogP contribution >= 0.6 is 0 Å². The molecule has 0 fully saturated rings. The van der Waals surface area contributed by atoms with E-state index in [2.05, 4.69) is 452 Å². The lowest BCUT2D eigenvalue weighted by Crippen LogP contribution is -2.18. The molecule has 0 radical (unpaired) electrons. The molecule has 2 nitrogen and oxygen atoms in total. The summed E-state index contributed by atoms with van der Waals surface area (Å²) in [7, 11) is 0. The summed E-state index contributed by atoms with van der Waals surface area (Å²) < 4.78 is 0. The van der Waals surface area contributed by atoms with Gasteiger partial charge in [-0.15, -0.1) is 0 Å². The Morgan fingerprint density at radius 3 is 0.635 bits per heavy atom. The molecule has 0 saturated heterocycles. The first-order chi connectivity index (χ1) is 54.5. The number of hydrogen-bond donors (Lipinski definition) is 0. The fraction of sp³-hybridized carbons (Fsp3) is 0.257. The molecule has 574 valence electrons. The van der Waals surface area contributed by atoms with Gasteiger partial charge in [-0.2, -0.15) is 0 Å². The molecule has 0 saturated carbocycles. The van der Waals surface area contributed by atoms with Crippen LogP contribution in [0.4, 0.5) is 34.1 Å². The second-order valence-corrected chi connectivity index (χ2v) is 39.5. The largest absolute Gasteiger partial charge is 0.310 e. The van der Waals surface area contributed by atoms with E-state index in [9.17, 15) is 0 Å². The van der Waals surface area contributed by atoms with Crippen molar-refractivity contribution >= 4 is 34.1 Å². The zero-order valence-electron chi connectivity index (χ0n) is 71.7. The van der Waals surface area contributed by atoms with Gasteiger partial charge in [-0.25, -0.2) is 0 Å². The van der Waals surface area contributed by atoms with E-state index in [1.807, 2.05) is 0 Å². The van der Waals surface area contributed by atoms with Crippen molar-refractivity contribution in [3.63, 3.8) is 0 Å². The monoisotopic (exact) mass is 1500 g/mol. The summed E-state index contributed by atoms with van der Waals surface area (Å²) in [5.74, 6) is 0. The molecule has 4 aliphatic rings. The van der Waals surface area contributed by atoms with E-state index in [0.29, 0.717) is 0 Å². The maximum absolute atomic E-state index is 2.49. The van der Waals surface area contributed by atoms with Crippen LogP contribution in [0.3, 0.4) is 0 Å². The van der Waals surface area contributed by atoms with Crippen LogP contribution in [0.5, 0.6) is 0 Å². The fourth-order valence-electron chi connectivity index (χ4n) is 19.2. The van der Waals surface area contributed by atoms with Crippen LogP contribution in [-0.2, 0) is 43.3 Å². The predicted octanol–water partition coefficient (Wildman–Crippen LogP) is 31.7. The standard InChI is InChI=1S/C57H57N.C56H55N/c1-36-48(37-22-26-44-46-28-24-39(54(2,3)4)32-52(46)56(8,9)50(44)30-37)34-43(58(41-18-14-12-15-19-41)42-20-16-13-17-21-42)35-49(36)38-23-27-45-47-29-25-40(55(5,6)7)33-53(47)57(10,11)51(45)31-38;1-53(2,3)40-23-27-47-45-25-21-36(32-49(45)55(7,8)51(47)34-40)38-29-39(31-44(30-38)57(42-17-13-11-14-18-42)43-19-15-12-16-20-43)37-22-26-46-48-28-24-41(54(4,5)6)35-52(48)56(9,10)50(46)33-37/h12-35H,1-11H3;11-35H,1-10H3. The number of para-hydroxylation sites is 4. The van der Waals surface area contributed by atoms with Crippen molar-refractivity contribution in [1.29, 1.82) is 0 Å². The van der Waals surface area contributed by atoms with Crippen molar-refractivity contribution in [2.75, 3.05) is 9.80 Å². The predicted molar refractivity (Wildman–Crippen MR) is 494 cm³/mol. The van der Waals surface area contributed by atoms with Crippen LogP contribution in [-0.4, -0.2) is 0 Å². The Kier molecular flexibility index (Phi) is 18.2. The van der Waals surface area contributed by atoms with Gasteiger partial charge < -0.3 is 9.80 Å². The van der Waals surface area contributed by atoms with Gasteiger partial charge in [0.1, 0.15) is 0 Å². The number of fused-ring (bicyclic) bond motifs is 12. The van der Waals surface area contributed by atoms with Gasteiger partial charge in [0, 0.05) is 55.8 Å². The van der Waals surface area contributed by atoms with Gasteiger partial charge in [0.2, 0.25) is 0 Å². The average molecular weight is 1500 g/mol. The van der Waals surface area contributed by atoms with E-state index in [0.717, 1.165) is 34.1 Å². The maximum atomic E-state index is 2.49. The highest BCUT2D eigenvalue weighted by Gasteiger charge is 2.42. The number of rotatable bonds is 10. The number of hydrogen-bond acceptors (Lipinski definition) is 2. The molecule has 0 amide bonds. The Morgan fingerprint density at radius 2 is 0.391 bits per heavy atom. The van der Waals surface area contributed by atoms with Crippen molar-refractivity contribution in [1.82, 2.24) is 0 Å². The molecule has 115 heavy (non-hydrogen) atoms. The first-order valence-electron chi connectivity index (χ1n) is 41.8. The van der Waals surface area contributed by atoms with Gasteiger partial charge in [-0.1, -0.05) is 333 Å². The molecule has 0 aromatic heterocycles. The van der Waals surface area contributed by atoms with Gasteiger partial charge >= 0.3 is 0 Å². The molecule has 0 heterocycles. The zero-order chi connectivity index (χ0) is 81.0. The smallest absolute Gasteiger partial charge is 0.0474 e. The Bertz CT molecular complexity index is 5800. The topological polar surface area (TPSA) is 6.48 Å². The van der Waals surface area contributed by atoms with Gasteiger partial charge in [0.05, 0.1) is 0 Å². The molecule has 0 spiro atoms. The van der Waals surface area contributed by atoms with Crippen molar-refractivity contribution < 1.29 is 0 Å². The van der Waals surface area contributed by atoms with Crippen molar-refractivity contribution in [3.8, 4) is 89.0 Å². The first-order valence-corrected chi connectivity index (χ1v) is 41.8. The third-order valence-electron chi connectivity index (χ3n) is 26.3. The summed E-state index contributed by atoms with van der Waals surface area (Å²) in [6.45, 7) is 49.3. The summed E-state index contributed by atoms with van der Waals surface area (Å²) in [4.78, 5) is 4.81. The van der Waals surface area contributed by atoms with Crippen molar-refractivity contribution in [2.24, 2.45) is 0 Å². The van der Waals surface area contributed by atoms with Crippen LogP contribution in [0.1, 0.15) is 211 Å². The summed E-state index contributed by atoms with van der Waals surface area (Å²) in [5.41, 5.74) is 45.6. The van der Waals surface area contributed by atoms with Gasteiger partial charge in [0.25, 0.3) is 0 Å². The molecule has 14 aromatic rings. The second-order valence-electron chi connectivity index (χ2n) is 39.5. The van der Waals surface area contributed by atoms with E-state index < -0.39 is 0 Å². The van der Waals surface area contributed by atoms with Crippen LogP contribution in [0.15, 0.2) is 297 Å². The molecule has 18 rings (SSSR count). The summed E-state index contributed by atoms with van der Waals surface area (Å²) in [6, 6.07) is 113. The van der Waals surface area contributed by atoms with E-state index in [4.69, 9.17) is 0 Å². The van der Waals surface area contributed by atoms with Gasteiger partial charge in [0.15, 0.2) is 0 Å². The van der Waals surface area contributed by atoms with Crippen molar-refractivity contribution in [3.05, 3.63) is 370 Å². The molecule has 0 unspecified atom stereocenters. The van der Waals surface area contributed by atoms with Crippen LogP contribution in [0, 0.1) is 6.92 Å². The Hall–Kier alpha value is -11.3.